The molecule has 0 aliphatic heterocycles. The molecule has 31 heavy (non-hydrogen) atoms. The van der Waals surface area contributed by atoms with E-state index in [0.717, 1.165) is 33.7 Å². The summed E-state index contributed by atoms with van der Waals surface area (Å²) in [6.45, 7) is 2.24. The summed E-state index contributed by atoms with van der Waals surface area (Å²) in [6.07, 6.45) is 2.71. The van der Waals surface area contributed by atoms with Crippen LogP contribution in [0.25, 0.3) is 16.8 Å². The monoisotopic (exact) mass is 417 g/mol. The molecule has 160 valence electrons. The zero-order valence-corrected chi connectivity index (χ0v) is 17.8. The minimum Gasteiger partial charge on any atom is -0.466 e. The first-order chi connectivity index (χ1) is 15.2. The third kappa shape index (κ3) is 6.73. The molecule has 0 heterocycles. The van der Waals surface area contributed by atoms with Crippen LogP contribution in [0.2, 0.25) is 0 Å². The Kier molecular flexibility index (Phi) is 8.26. The summed E-state index contributed by atoms with van der Waals surface area (Å²) >= 11 is 0. The van der Waals surface area contributed by atoms with E-state index in [1.165, 1.54) is 0 Å². The zero-order chi connectivity index (χ0) is 21.9. The molecule has 3 rings (SSSR count). The number of hydroxylamine groups is 1. The lowest BCUT2D eigenvalue weighted by molar-refractivity contribution is -0.143. The molecular formula is C26H27NO4. The molecule has 0 saturated carbocycles. The van der Waals surface area contributed by atoms with Crippen LogP contribution in [0.4, 0.5) is 0 Å². The fourth-order valence-electron chi connectivity index (χ4n) is 3.08. The van der Waals surface area contributed by atoms with Crippen LogP contribution in [-0.4, -0.2) is 19.7 Å². The average molecular weight is 418 g/mol. The average Bonchev–Trinajstić information content (AvgIpc) is 2.82. The zero-order valence-electron chi connectivity index (χ0n) is 17.8. The summed E-state index contributed by atoms with van der Waals surface area (Å²) in [5.74, 6) is 0.563. The molecule has 3 aromatic rings. The van der Waals surface area contributed by atoms with E-state index in [-0.39, 0.29) is 5.97 Å². The van der Waals surface area contributed by atoms with Crippen molar-refractivity contribution >= 4 is 11.7 Å². The second-order valence-corrected chi connectivity index (χ2v) is 6.85. The number of carbonyl (C=O) groups excluding carboxylic acids is 1. The van der Waals surface area contributed by atoms with E-state index in [1.54, 1.807) is 13.4 Å². The minimum absolute atomic E-state index is 0.160. The van der Waals surface area contributed by atoms with Gasteiger partial charge in [0.2, 0.25) is 0 Å². The van der Waals surface area contributed by atoms with Gasteiger partial charge >= 0.3 is 5.97 Å². The van der Waals surface area contributed by atoms with Crippen LogP contribution in [0.15, 0.2) is 85.1 Å². The van der Waals surface area contributed by atoms with Crippen molar-refractivity contribution in [3.63, 3.8) is 0 Å². The van der Waals surface area contributed by atoms with Crippen molar-refractivity contribution in [2.24, 2.45) is 0 Å². The van der Waals surface area contributed by atoms with Gasteiger partial charge in [-0.3, -0.25) is 15.1 Å². The van der Waals surface area contributed by atoms with Crippen LogP contribution >= 0.6 is 0 Å². The minimum atomic E-state index is -0.160. The molecular weight excluding hydrogens is 390 g/mol. The normalized spacial score (nSPS) is 11.1. The van der Waals surface area contributed by atoms with Crippen molar-refractivity contribution < 1.29 is 19.1 Å². The maximum Gasteiger partial charge on any atom is 0.306 e. The summed E-state index contributed by atoms with van der Waals surface area (Å²) in [4.78, 5) is 16.6. The molecule has 0 bridgehead atoms. The Hall–Kier alpha value is -3.57. The van der Waals surface area contributed by atoms with E-state index < -0.39 is 0 Å². The van der Waals surface area contributed by atoms with Gasteiger partial charge in [-0.1, -0.05) is 66.7 Å². The van der Waals surface area contributed by atoms with Gasteiger partial charge < -0.3 is 9.47 Å². The standard InChI is InChI=1S/C26H27NO4/c1-3-30-26(28)18-11-20-9-12-21(13-10-20)22-14-16-24(17-15-22)31-19-25(27-29-2)23-7-5-4-6-8-23/h4-10,12-17,19,27H,3,11,18H2,1-2H3. The Morgan fingerprint density at radius 2 is 1.55 bits per heavy atom. The first kappa shape index (κ1) is 22.1. The van der Waals surface area contributed by atoms with E-state index in [1.807, 2.05) is 73.7 Å². The Labute approximate surface area is 183 Å². The quantitative estimate of drug-likeness (QED) is 0.273. The number of aryl methyl sites for hydroxylation is 1. The fraction of sp³-hybridized carbons (Fsp3) is 0.192. The maximum absolute atomic E-state index is 11.5. The molecule has 0 aliphatic rings. The number of hydrogen-bond acceptors (Lipinski definition) is 5. The highest BCUT2D eigenvalue weighted by Crippen LogP contribution is 2.24. The van der Waals surface area contributed by atoms with E-state index in [2.05, 4.69) is 17.6 Å². The van der Waals surface area contributed by atoms with Gasteiger partial charge in [0.15, 0.2) is 0 Å². The SMILES string of the molecule is CCOC(=O)CCc1ccc(-c2ccc(OC=C(NOC)c3ccccc3)cc2)cc1. The number of nitrogens with one attached hydrogen (secondary N) is 1. The van der Waals surface area contributed by atoms with E-state index in [9.17, 15) is 4.79 Å². The largest absolute Gasteiger partial charge is 0.466 e. The fourth-order valence-corrected chi connectivity index (χ4v) is 3.08. The molecule has 0 spiro atoms. The molecule has 1 N–H and O–H groups in total. The molecule has 3 aromatic carbocycles. The summed E-state index contributed by atoms with van der Waals surface area (Å²) in [7, 11) is 1.56. The third-order valence-corrected chi connectivity index (χ3v) is 4.67. The highest BCUT2D eigenvalue weighted by Gasteiger charge is 2.05. The lowest BCUT2D eigenvalue weighted by Gasteiger charge is -2.10. The molecule has 0 saturated heterocycles. The Bertz CT molecular complexity index is 980. The first-order valence-electron chi connectivity index (χ1n) is 10.3. The summed E-state index contributed by atoms with van der Waals surface area (Å²) < 4.78 is 10.8. The van der Waals surface area contributed by atoms with Crippen LogP contribution in [0.1, 0.15) is 24.5 Å². The van der Waals surface area contributed by atoms with Gasteiger partial charge in [0.25, 0.3) is 0 Å². The van der Waals surface area contributed by atoms with Crippen molar-refractivity contribution in [2.75, 3.05) is 13.7 Å². The number of carbonyl (C=O) groups is 1. The lowest BCUT2D eigenvalue weighted by atomic mass is 10.0. The number of ether oxygens (including phenoxy) is 2. The molecule has 0 radical (unpaired) electrons. The van der Waals surface area contributed by atoms with Crippen LogP contribution in [0.5, 0.6) is 5.75 Å². The third-order valence-electron chi connectivity index (χ3n) is 4.67. The smallest absolute Gasteiger partial charge is 0.306 e. The Morgan fingerprint density at radius 3 is 2.16 bits per heavy atom. The van der Waals surface area contributed by atoms with Crippen LogP contribution < -0.4 is 10.2 Å². The molecule has 0 aliphatic carbocycles. The second kappa shape index (κ2) is 11.6. The highest BCUT2D eigenvalue weighted by atomic mass is 16.6. The Morgan fingerprint density at radius 1 is 0.903 bits per heavy atom. The second-order valence-electron chi connectivity index (χ2n) is 6.85. The van der Waals surface area contributed by atoms with Crippen LogP contribution in [-0.2, 0) is 20.8 Å². The molecule has 5 heteroatoms. The summed E-state index contributed by atoms with van der Waals surface area (Å²) in [5, 5.41) is 0. The number of esters is 1. The van der Waals surface area contributed by atoms with Gasteiger partial charge in [-0.15, -0.1) is 0 Å². The van der Waals surface area contributed by atoms with E-state index >= 15 is 0 Å². The van der Waals surface area contributed by atoms with E-state index in [4.69, 9.17) is 14.3 Å². The van der Waals surface area contributed by atoms with Crippen molar-refractivity contribution in [3.8, 4) is 16.9 Å². The van der Waals surface area contributed by atoms with Crippen molar-refractivity contribution in [1.29, 1.82) is 0 Å². The number of rotatable bonds is 10. The topological polar surface area (TPSA) is 56.8 Å². The first-order valence-corrected chi connectivity index (χ1v) is 10.3. The molecule has 0 unspecified atom stereocenters. The van der Waals surface area contributed by atoms with Gasteiger partial charge in [-0.25, -0.2) is 0 Å². The molecule has 0 aromatic heterocycles. The van der Waals surface area contributed by atoms with Gasteiger partial charge in [0, 0.05) is 12.0 Å². The number of benzene rings is 3. The van der Waals surface area contributed by atoms with Crippen molar-refractivity contribution in [3.05, 3.63) is 96.3 Å². The number of hydrogen-bond donors (Lipinski definition) is 1. The van der Waals surface area contributed by atoms with Crippen molar-refractivity contribution in [2.45, 2.75) is 19.8 Å². The van der Waals surface area contributed by atoms with Crippen LogP contribution in [0, 0.1) is 0 Å². The van der Waals surface area contributed by atoms with Gasteiger partial charge in [-0.2, -0.15) is 0 Å². The predicted molar refractivity (Wildman–Crippen MR) is 122 cm³/mol. The van der Waals surface area contributed by atoms with Gasteiger partial charge in [-0.05, 0) is 42.2 Å². The summed E-state index contributed by atoms with van der Waals surface area (Å²) in [6, 6.07) is 25.9. The van der Waals surface area contributed by atoms with E-state index in [0.29, 0.717) is 19.4 Å². The molecule has 0 amide bonds. The summed E-state index contributed by atoms with van der Waals surface area (Å²) in [5.41, 5.74) is 7.84. The highest BCUT2D eigenvalue weighted by molar-refractivity contribution is 5.70. The van der Waals surface area contributed by atoms with Gasteiger partial charge in [0.05, 0.1) is 13.7 Å². The van der Waals surface area contributed by atoms with Crippen LogP contribution in [0.3, 0.4) is 0 Å². The Balaban J connectivity index is 1.62. The molecule has 5 nitrogen and oxygen atoms in total. The predicted octanol–water partition coefficient (Wildman–Crippen LogP) is 5.38. The van der Waals surface area contributed by atoms with Crippen molar-refractivity contribution in [1.82, 2.24) is 5.48 Å². The lowest BCUT2D eigenvalue weighted by Crippen LogP contribution is -2.11. The van der Waals surface area contributed by atoms with Gasteiger partial charge in [0.1, 0.15) is 17.7 Å². The molecule has 0 atom stereocenters. The molecule has 0 fully saturated rings. The maximum atomic E-state index is 11.5.